The molecule has 0 radical (unpaired) electrons. The number of alkyl carbamates (subject to hydrolysis) is 1. The van der Waals surface area contributed by atoms with Gasteiger partial charge in [-0.25, -0.2) is 4.79 Å². The lowest BCUT2D eigenvalue weighted by Crippen LogP contribution is -2.56. The van der Waals surface area contributed by atoms with Crippen LogP contribution >= 0.6 is 0 Å². The quantitative estimate of drug-likeness (QED) is 0.0445. The summed E-state index contributed by atoms with van der Waals surface area (Å²) in [7, 11) is 0. The van der Waals surface area contributed by atoms with Gasteiger partial charge in [0.25, 0.3) is 5.91 Å². The minimum Gasteiger partial charge on any atom is -0.445 e. The molecule has 0 spiro atoms. The second kappa shape index (κ2) is 24.3. The van der Waals surface area contributed by atoms with Gasteiger partial charge in [0.15, 0.2) is 0 Å². The van der Waals surface area contributed by atoms with E-state index in [0.29, 0.717) is 6.54 Å². The first-order valence-electron chi connectivity index (χ1n) is 23.8. The van der Waals surface area contributed by atoms with Crippen molar-refractivity contribution < 1.29 is 28.7 Å². The summed E-state index contributed by atoms with van der Waals surface area (Å²) < 4.78 is 5.47. The molecule has 1 aliphatic heterocycles. The Kier molecular flexibility index (Phi) is 17.3. The zero-order valence-electron chi connectivity index (χ0n) is 39.3. The number of carbonyl (C=O) groups excluding carboxylic acids is 5. The van der Waals surface area contributed by atoms with E-state index in [1.54, 1.807) is 11.0 Å². The fourth-order valence-electron chi connectivity index (χ4n) is 8.83. The lowest BCUT2D eigenvalue weighted by Gasteiger charge is -2.37. The molecule has 4 N–H and O–H groups in total. The van der Waals surface area contributed by atoms with Crippen molar-refractivity contribution in [2.75, 3.05) is 11.4 Å². The van der Waals surface area contributed by atoms with E-state index in [0.717, 1.165) is 51.9 Å². The molecule has 354 valence electrons. The van der Waals surface area contributed by atoms with Gasteiger partial charge < -0.3 is 30.9 Å². The fraction of sp³-hybridized carbons (Fsp3) is 0.259. The Bertz CT molecular complexity index is 2550. The van der Waals surface area contributed by atoms with Gasteiger partial charge in [0.1, 0.15) is 24.2 Å². The number of amides is 5. The van der Waals surface area contributed by atoms with Crippen LogP contribution < -0.4 is 26.2 Å². The molecule has 1 aliphatic rings. The summed E-state index contributed by atoms with van der Waals surface area (Å²) in [5.41, 5.74) is 5.04. The number of fused-ring (bicyclic) bond motifs is 1. The molecule has 0 unspecified atom stereocenters. The first-order chi connectivity index (χ1) is 33.6. The van der Waals surface area contributed by atoms with Crippen LogP contribution in [0.25, 0.3) is 0 Å². The van der Waals surface area contributed by atoms with E-state index in [2.05, 4.69) is 21.3 Å². The summed E-state index contributed by atoms with van der Waals surface area (Å²) in [6.07, 6.45) is 4.49. The average Bonchev–Trinajstić information content (AvgIpc) is 3.38. The van der Waals surface area contributed by atoms with Gasteiger partial charge in [-0.1, -0.05) is 190 Å². The predicted molar refractivity (Wildman–Crippen MR) is 270 cm³/mol. The maximum absolute atomic E-state index is 14.7. The van der Waals surface area contributed by atoms with Crippen LogP contribution in [0.4, 0.5) is 10.5 Å². The van der Waals surface area contributed by atoms with Crippen LogP contribution in [0.15, 0.2) is 188 Å². The standard InChI is InChI=1S/C58H61N5O6/c1-42(2)39-50(61-57(68)69-41-44-23-10-4-11-24-44)56(67)60-51(40-43-21-8-3-9-22-43)55(66)59-49(35-37-54(65)63-38-20-26-45-25-18-19-33-52(45)63)34-36-53(64)62-58(46-27-12-5-13-28-46,47-29-14-6-15-30-47)48-31-16-7-17-32-48/h3-19,21-25,27-33,35,37,42,49-51H,20,26,34,36,38-41H2,1-2H3,(H,59,66)(H,60,67)(H,61,68)(H,62,64)/b37-35+/t49-,50-,51-/m0/s1. The van der Waals surface area contributed by atoms with Gasteiger partial charge in [0, 0.05) is 37.2 Å². The van der Waals surface area contributed by atoms with Gasteiger partial charge >= 0.3 is 6.09 Å². The summed E-state index contributed by atoms with van der Waals surface area (Å²) in [6.45, 7) is 4.43. The Hall–Kier alpha value is -7.79. The zero-order valence-corrected chi connectivity index (χ0v) is 39.3. The van der Waals surface area contributed by atoms with Crippen molar-refractivity contribution in [3.8, 4) is 0 Å². The van der Waals surface area contributed by atoms with Crippen molar-refractivity contribution in [1.29, 1.82) is 0 Å². The number of hydrogen-bond donors (Lipinski definition) is 4. The highest BCUT2D eigenvalue weighted by Gasteiger charge is 2.38. The van der Waals surface area contributed by atoms with E-state index in [9.17, 15) is 24.0 Å². The predicted octanol–water partition coefficient (Wildman–Crippen LogP) is 8.96. The Balaban J connectivity index is 1.15. The summed E-state index contributed by atoms with van der Waals surface area (Å²) in [6, 6.07) is 52.9. The number of para-hydroxylation sites is 1. The molecule has 1 heterocycles. The molecule has 0 aromatic heterocycles. The fourth-order valence-corrected chi connectivity index (χ4v) is 8.83. The first kappa shape index (κ1) is 49.1. The first-order valence-corrected chi connectivity index (χ1v) is 23.8. The third kappa shape index (κ3) is 13.4. The number of rotatable bonds is 20. The summed E-state index contributed by atoms with van der Waals surface area (Å²) in [4.78, 5) is 72.2. The number of carbonyl (C=O) groups is 5. The molecular weight excluding hydrogens is 863 g/mol. The number of ether oxygens (including phenoxy) is 1. The molecule has 3 atom stereocenters. The topological polar surface area (TPSA) is 146 Å². The third-order valence-electron chi connectivity index (χ3n) is 12.2. The summed E-state index contributed by atoms with van der Waals surface area (Å²) in [5.74, 6) is -1.61. The Labute approximate surface area is 405 Å². The molecular formula is C58H61N5O6. The molecule has 0 bridgehead atoms. The van der Waals surface area contributed by atoms with Gasteiger partial charge in [0.05, 0.1) is 0 Å². The van der Waals surface area contributed by atoms with Gasteiger partial charge in [-0.05, 0) is 71.0 Å². The minimum absolute atomic E-state index is 0.00560. The molecule has 5 amide bonds. The van der Waals surface area contributed by atoms with Crippen LogP contribution in [0.3, 0.4) is 0 Å². The number of nitrogens with one attached hydrogen (secondary N) is 4. The number of benzene rings is 6. The van der Waals surface area contributed by atoms with E-state index in [1.165, 1.54) is 6.08 Å². The number of nitrogens with zero attached hydrogens (tertiary/aromatic N) is 1. The lowest BCUT2D eigenvalue weighted by atomic mass is 9.77. The molecule has 11 nitrogen and oxygen atoms in total. The SMILES string of the molecule is CC(C)C[C@H](NC(=O)OCc1ccccc1)C(=O)N[C@@H](Cc1ccccc1)C(=O)N[C@H](/C=C/C(=O)N1CCCc2ccccc21)CCC(=O)NC(c1ccccc1)(c1ccccc1)c1ccccc1. The van der Waals surface area contributed by atoms with Crippen molar-refractivity contribution in [2.45, 2.75) is 82.6 Å². The maximum atomic E-state index is 14.7. The highest BCUT2D eigenvalue weighted by Crippen LogP contribution is 2.37. The van der Waals surface area contributed by atoms with Gasteiger partial charge in [-0.2, -0.15) is 0 Å². The summed E-state index contributed by atoms with van der Waals surface area (Å²) >= 11 is 0. The molecule has 11 heteroatoms. The van der Waals surface area contributed by atoms with Crippen LogP contribution in [-0.4, -0.2) is 54.4 Å². The molecule has 0 saturated heterocycles. The van der Waals surface area contributed by atoms with Gasteiger partial charge in [-0.15, -0.1) is 0 Å². The van der Waals surface area contributed by atoms with Crippen LogP contribution in [0.1, 0.15) is 72.9 Å². The van der Waals surface area contributed by atoms with Gasteiger partial charge in [0.2, 0.25) is 17.7 Å². The number of hydrogen-bond acceptors (Lipinski definition) is 6. The lowest BCUT2D eigenvalue weighted by molar-refractivity contribution is -0.130. The Morgan fingerprint density at radius 2 is 1.14 bits per heavy atom. The van der Waals surface area contributed by atoms with Crippen molar-refractivity contribution in [3.63, 3.8) is 0 Å². The highest BCUT2D eigenvalue weighted by atomic mass is 16.5. The molecule has 0 aliphatic carbocycles. The van der Waals surface area contributed by atoms with E-state index >= 15 is 0 Å². The molecule has 0 fully saturated rings. The highest BCUT2D eigenvalue weighted by molar-refractivity contribution is 6.02. The Morgan fingerprint density at radius 1 is 0.623 bits per heavy atom. The number of anilines is 1. The molecule has 6 aromatic rings. The minimum atomic E-state index is -1.10. The number of aryl methyl sites for hydroxylation is 1. The van der Waals surface area contributed by atoms with Crippen LogP contribution in [0, 0.1) is 5.92 Å². The van der Waals surface area contributed by atoms with Crippen molar-refractivity contribution >= 4 is 35.4 Å². The normalized spacial score (nSPS) is 13.6. The van der Waals surface area contributed by atoms with E-state index < -0.39 is 41.6 Å². The van der Waals surface area contributed by atoms with Crippen molar-refractivity contribution in [3.05, 3.63) is 221 Å². The second-order valence-electron chi connectivity index (χ2n) is 17.8. The van der Waals surface area contributed by atoms with E-state index in [1.807, 2.05) is 190 Å². The maximum Gasteiger partial charge on any atom is 0.408 e. The van der Waals surface area contributed by atoms with Crippen LogP contribution in [-0.2, 0) is 48.9 Å². The molecule has 0 saturated carbocycles. The van der Waals surface area contributed by atoms with E-state index in [4.69, 9.17) is 4.74 Å². The van der Waals surface area contributed by atoms with Crippen molar-refractivity contribution in [2.24, 2.45) is 5.92 Å². The smallest absolute Gasteiger partial charge is 0.408 e. The monoisotopic (exact) mass is 923 g/mol. The molecule has 69 heavy (non-hydrogen) atoms. The third-order valence-corrected chi connectivity index (χ3v) is 12.2. The van der Waals surface area contributed by atoms with Gasteiger partial charge in [-0.3, -0.25) is 19.2 Å². The van der Waals surface area contributed by atoms with Crippen molar-refractivity contribution in [1.82, 2.24) is 21.3 Å². The zero-order chi connectivity index (χ0) is 48.4. The van der Waals surface area contributed by atoms with Crippen LogP contribution in [0.5, 0.6) is 0 Å². The largest absolute Gasteiger partial charge is 0.445 e. The second-order valence-corrected chi connectivity index (χ2v) is 17.8. The molecule has 6 aromatic carbocycles. The molecule has 7 rings (SSSR count). The van der Waals surface area contributed by atoms with E-state index in [-0.39, 0.29) is 50.0 Å². The Morgan fingerprint density at radius 3 is 1.72 bits per heavy atom. The van der Waals surface area contributed by atoms with Crippen LogP contribution in [0.2, 0.25) is 0 Å². The summed E-state index contributed by atoms with van der Waals surface area (Å²) in [5, 5.41) is 12.2. The average molecular weight is 924 g/mol.